The number of aromatic nitrogens is 1. The van der Waals surface area contributed by atoms with Gasteiger partial charge in [-0.05, 0) is 36.6 Å². The van der Waals surface area contributed by atoms with Crippen molar-refractivity contribution in [1.29, 1.82) is 0 Å². The molecule has 5 rings (SSSR count). The molecule has 0 spiro atoms. The molecule has 0 aliphatic carbocycles. The number of ketones is 1. The van der Waals surface area contributed by atoms with Crippen molar-refractivity contribution in [2.24, 2.45) is 0 Å². The molecule has 3 N–H and O–H groups in total. The van der Waals surface area contributed by atoms with Crippen LogP contribution in [0.15, 0.2) is 79.0 Å². The van der Waals surface area contributed by atoms with E-state index < -0.39 is 15.9 Å². The first-order valence-corrected chi connectivity index (χ1v) is 14.1. The molecule has 0 radical (unpaired) electrons. The maximum atomic E-state index is 13.8. The van der Waals surface area contributed by atoms with Crippen molar-refractivity contribution in [3.63, 3.8) is 0 Å². The summed E-state index contributed by atoms with van der Waals surface area (Å²) >= 11 is 0. The Balaban J connectivity index is 1.33. The van der Waals surface area contributed by atoms with Crippen LogP contribution in [0.3, 0.4) is 0 Å². The van der Waals surface area contributed by atoms with Crippen LogP contribution in [0.5, 0.6) is 0 Å². The maximum absolute atomic E-state index is 13.8. The first kappa shape index (κ1) is 24.9. The molecule has 7 nitrogen and oxygen atoms in total. The fourth-order valence-electron chi connectivity index (χ4n) is 4.67. The predicted molar refractivity (Wildman–Crippen MR) is 145 cm³/mol. The number of hydrogen-bond acceptors (Lipinski definition) is 5. The summed E-state index contributed by atoms with van der Waals surface area (Å²) in [6.07, 6.45) is 2.48. The predicted octanol–water partition coefficient (Wildman–Crippen LogP) is 3.76. The van der Waals surface area contributed by atoms with Gasteiger partial charge in [-0.25, -0.2) is 8.42 Å². The molecule has 1 atom stereocenters. The second-order valence-electron chi connectivity index (χ2n) is 9.61. The van der Waals surface area contributed by atoms with Crippen molar-refractivity contribution in [3.05, 3.63) is 107 Å². The summed E-state index contributed by atoms with van der Waals surface area (Å²) in [4.78, 5) is 29.5. The first-order chi connectivity index (χ1) is 17.8. The molecule has 1 saturated heterocycles. The van der Waals surface area contributed by atoms with E-state index in [-0.39, 0.29) is 29.2 Å². The quantitative estimate of drug-likeness (QED) is 0.294. The van der Waals surface area contributed by atoms with Gasteiger partial charge in [-0.15, -0.1) is 0 Å². The molecule has 0 unspecified atom stereocenters. The van der Waals surface area contributed by atoms with E-state index >= 15 is 0 Å². The molecule has 1 fully saturated rings. The van der Waals surface area contributed by atoms with E-state index in [1.165, 1.54) is 11.1 Å². The number of H-pyrrole nitrogens is 1. The Morgan fingerprint density at radius 1 is 1.00 bits per heavy atom. The lowest BCUT2D eigenvalue weighted by molar-refractivity contribution is 0.0935. The number of carbonyl (C=O) groups excluding carboxylic acids is 2. The van der Waals surface area contributed by atoms with Gasteiger partial charge in [0, 0.05) is 34.8 Å². The van der Waals surface area contributed by atoms with Gasteiger partial charge in [0.15, 0.2) is 15.6 Å². The van der Waals surface area contributed by atoms with E-state index in [2.05, 4.69) is 46.8 Å². The van der Waals surface area contributed by atoms with Crippen molar-refractivity contribution in [3.8, 4) is 0 Å². The number of nitrogens with one attached hydrogen (secondary N) is 3. The lowest BCUT2D eigenvalue weighted by Gasteiger charge is -2.26. The van der Waals surface area contributed by atoms with Gasteiger partial charge in [-0.3, -0.25) is 9.59 Å². The molecule has 4 aromatic rings. The molecular weight excluding hydrogens is 486 g/mol. The monoisotopic (exact) mass is 515 g/mol. The van der Waals surface area contributed by atoms with Crippen molar-refractivity contribution in [2.75, 3.05) is 18.1 Å². The molecule has 0 bridgehead atoms. The molecule has 0 saturated carbocycles. The zero-order valence-corrected chi connectivity index (χ0v) is 21.3. The second-order valence-corrected chi connectivity index (χ2v) is 11.8. The van der Waals surface area contributed by atoms with Gasteiger partial charge in [0.05, 0.1) is 23.6 Å². The molecule has 1 aliphatic rings. The molecule has 3 aromatic carbocycles. The SMILES string of the molecule is Cc1ccc(CCN[C@@H](C(=O)c2c[nH]c3cc(C(=O)NC4CS(=O)(=O)C4)ccc23)c2ccccc2)cc1. The Labute approximate surface area is 216 Å². The fraction of sp³-hybridized carbons (Fsp3) is 0.241. The summed E-state index contributed by atoms with van der Waals surface area (Å²) in [5, 5.41) is 6.93. The van der Waals surface area contributed by atoms with Crippen molar-refractivity contribution < 1.29 is 18.0 Å². The van der Waals surface area contributed by atoms with Crippen LogP contribution in [0.25, 0.3) is 10.9 Å². The minimum atomic E-state index is -3.02. The standard InChI is InChI=1S/C29H29N3O4S/c1-19-7-9-20(10-8-19)13-14-30-27(21-5-3-2-4-6-21)28(33)25-16-31-26-15-22(11-12-24(25)26)29(34)32-23-17-37(35,36)18-23/h2-12,15-16,23,27,30-31H,13-14,17-18H2,1H3,(H,32,34)/t27-/m1/s1. The van der Waals surface area contributed by atoms with Crippen LogP contribution >= 0.6 is 0 Å². The minimum Gasteiger partial charge on any atom is -0.360 e. The lowest BCUT2D eigenvalue weighted by atomic mass is 9.96. The Hall–Kier alpha value is -3.75. The van der Waals surface area contributed by atoms with Gasteiger partial charge >= 0.3 is 0 Å². The molecule has 2 heterocycles. The van der Waals surface area contributed by atoms with Crippen molar-refractivity contribution >= 4 is 32.4 Å². The fourth-order valence-corrected chi connectivity index (χ4v) is 5.96. The van der Waals surface area contributed by atoms with Crippen LogP contribution in [-0.4, -0.2) is 49.2 Å². The second kappa shape index (κ2) is 10.3. The highest BCUT2D eigenvalue weighted by Crippen LogP contribution is 2.26. The Morgan fingerprint density at radius 2 is 1.73 bits per heavy atom. The van der Waals surface area contributed by atoms with Gasteiger partial charge in [0.1, 0.15) is 0 Å². The third-order valence-corrected chi connectivity index (χ3v) is 8.55. The topological polar surface area (TPSA) is 108 Å². The first-order valence-electron chi connectivity index (χ1n) is 12.3. The number of sulfone groups is 1. The molecule has 1 amide bonds. The van der Waals surface area contributed by atoms with E-state index in [0.717, 1.165) is 17.4 Å². The summed E-state index contributed by atoms with van der Waals surface area (Å²) < 4.78 is 22.7. The third kappa shape index (κ3) is 5.65. The minimum absolute atomic E-state index is 0.0279. The number of benzene rings is 3. The third-order valence-electron chi connectivity index (χ3n) is 6.73. The zero-order valence-electron chi connectivity index (χ0n) is 20.5. The van der Waals surface area contributed by atoms with Crippen LogP contribution in [0.1, 0.15) is 43.4 Å². The largest absolute Gasteiger partial charge is 0.360 e. The van der Waals surface area contributed by atoms with Gasteiger partial charge in [-0.2, -0.15) is 0 Å². The number of amides is 1. The number of rotatable bonds is 9. The molecule has 1 aromatic heterocycles. The van der Waals surface area contributed by atoms with Crippen molar-refractivity contribution in [2.45, 2.75) is 25.4 Å². The summed E-state index contributed by atoms with van der Waals surface area (Å²) in [6.45, 7) is 2.70. The molecule has 190 valence electrons. The smallest absolute Gasteiger partial charge is 0.251 e. The van der Waals surface area contributed by atoms with Gasteiger partial charge in [-0.1, -0.05) is 66.2 Å². The van der Waals surface area contributed by atoms with E-state index in [1.54, 1.807) is 24.4 Å². The molecule has 1 aliphatic heterocycles. The number of aryl methyl sites for hydroxylation is 1. The Bertz CT molecular complexity index is 1530. The zero-order chi connectivity index (χ0) is 26.0. The summed E-state index contributed by atoms with van der Waals surface area (Å²) in [5.41, 5.74) is 4.93. The highest BCUT2D eigenvalue weighted by atomic mass is 32.2. The van der Waals surface area contributed by atoms with Crippen LogP contribution in [0.4, 0.5) is 0 Å². The number of aromatic amines is 1. The normalized spacial score (nSPS) is 15.7. The van der Waals surface area contributed by atoms with Crippen LogP contribution in [-0.2, 0) is 16.3 Å². The average Bonchev–Trinajstić information content (AvgIpc) is 3.30. The number of fused-ring (bicyclic) bond motifs is 1. The van der Waals surface area contributed by atoms with E-state index in [0.29, 0.717) is 23.2 Å². The Kier molecular flexibility index (Phi) is 6.95. The van der Waals surface area contributed by atoms with Crippen LogP contribution < -0.4 is 10.6 Å². The summed E-state index contributed by atoms with van der Waals surface area (Å²) in [5.74, 6) is -0.442. The molecular formula is C29H29N3O4S. The summed E-state index contributed by atoms with van der Waals surface area (Å²) in [7, 11) is -3.02. The highest BCUT2D eigenvalue weighted by Gasteiger charge is 2.34. The number of carbonyl (C=O) groups is 2. The highest BCUT2D eigenvalue weighted by molar-refractivity contribution is 7.92. The Morgan fingerprint density at radius 3 is 2.43 bits per heavy atom. The maximum Gasteiger partial charge on any atom is 0.251 e. The van der Waals surface area contributed by atoms with Gasteiger partial charge < -0.3 is 15.6 Å². The van der Waals surface area contributed by atoms with Gasteiger partial charge in [0.25, 0.3) is 5.91 Å². The van der Waals surface area contributed by atoms with E-state index in [1.807, 2.05) is 30.3 Å². The number of hydrogen-bond donors (Lipinski definition) is 3. The lowest BCUT2D eigenvalue weighted by Crippen LogP contribution is -2.52. The summed E-state index contributed by atoms with van der Waals surface area (Å²) in [6, 6.07) is 22.3. The number of Topliss-reactive ketones (excluding diaryl/α,β-unsaturated/α-hetero) is 1. The van der Waals surface area contributed by atoms with E-state index in [4.69, 9.17) is 0 Å². The van der Waals surface area contributed by atoms with Crippen LogP contribution in [0, 0.1) is 6.92 Å². The van der Waals surface area contributed by atoms with Gasteiger partial charge in [0.2, 0.25) is 0 Å². The average molecular weight is 516 g/mol. The van der Waals surface area contributed by atoms with Crippen LogP contribution in [0.2, 0.25) is 0 Å². The molecule has 8 heteroatoms. The van der Waals surface area contributed by atoms with Crippen molar-refractivity contribution in [1.82, 2.24) is 15.6 Å². The molecule has 37 heavy (non-hydrogen) atoms. The van der Waals surface area contributed by atoms with E-state index in [9.17, 15) is 18.0 Å².